The molecule has 1 N–H and O–H groups in total. The highest BCUT2D eigenvalue weighted by Gasteiger charge is 2.30. The van der Waals surface area contributed by atoms with Crippen molar-refractivity contribution in [2.24, 2.45) is 0 Å². The largest absolute Gasteiger partial charge is 0.508 e. The second-order valence-electron chi connectivity index (χ2n) is 8.49. The summed E-state index contributed by atoms with van der Waals surface area (Å²) in [6.07, 6.45) is 6.74. The normalized spacial score (nSPS) is 18.9. The van der Waals surface area contributed by atoms with Gasteiger partial charge < -0.3 is 19.8 Å². The van der Waals surface area contributed by atoms with Crippen LogP contribution in [0.4, 0.5) is 11.5 Å². The molecule has 3 heterocycles. The van der Waals surface area contributed by atoms with E-state index < -0.39 is 0 Å². The van der Waals surface area contributed by atoms with Crippen molar-refractivity contribution >= 4 is 28.6 Å². The molecule has 32 heavy (non-hydrogen) atoms. The van der Waals surface area contributed by atoms with Crippen LogP contribution < -0.4 is 9.80 Å². The monoisotopic (exact) mass is 429 g/mol. The van der Waals surface area contributed by atoms with Gasteiger partial charge in [0.25, 0.3) is 0 Å². The number of piperazine rings is 1. The molecule has 2 aliphatic heterocycles. The van der Waals surface area contributed by atoms with E-state index in [1.165, 1.54) is 5.56 Å². The van der Waals surface area contributed by atoms with Crippen LogP contribution in [0.2, 0.25) is 0 Å². The number of phenols is 1. The quantitative estimate of drug-likeness (QED) is 0.505. The standard InChI is InChI=1S/C25H27N5O2/c1-18-13-22-23(16-30(18)24-15-20(32)14-19-5-2-3-6-21(19)24)26-17-27-25(22)29-10-8-28(9-11-29)7-4-12-31/h2-7,12,14-15,17-18,32H,8-11,13,16H2,1H3/t18-/m0/s1. The Morgan fingerprint density at radius 2 is 1.91 bits per heavy atom. The molecule has 7 nitrogen and oxygen atoms in total. The summed E-state index contributed by atoms with van der Waals surface area (Å²) in [4.78, 5) is 26.7. The van der Waals surface area contributed by atoms with Crippen LogP contribution >= 0.6 is 0 Å². The van der Waals surface area contributed by atoms with Crippen LogP contribution in [0.3, 0.4) is 0 Å². The Morgan fingerprint density at radius 1 is 1.09 bits per heavy atom. The van der Waals surface area contributed by atoms with Crippen molar-refractivity contribution in [2.75, 3.05) is 36.0 Å². The lowest BCUT2D eigenvalue weighted by molar-refractivity contribution is -0.104. The number of allylic oxidation sites excluding steroid dienone is 1. The van der Waals surface area contributed by atoms with Crippen LogP contribution in [-0.4, -0.2) is 58.5 Å². The summed E-state index contributed by atoms with van der Waals surface area (Å²) in [6, 6.07) is 12.1. The molecule has 0 spiro atoms. The number of hydrogen-bond acceptors (Lipinski definition) is 7. The third kappa shape index (κ3) is 3.75. The zero-order valence-electron chi connectivity index (χ0n) is 18.2. The second-order valence-corrected chi connectivity index (χ2v) is 8.49. The number of carbonyl (C=O) groups is 1. The molecular weight excluding hydrogens is 402 g/mol. The molecule has 7 heteroatoms. The smallest absolute Gasteiger partial charge is 0.144 e. The van der Waals surface area contributed by atoms with Crippen molar-refractivity contribution in [3.05, 3.63) is 66.3 Å². The average Bonchev–Trinajstić information content (AvgIpc) is 2.82. The van der Waals surface area contributed by atoms with Crippen LogP contribution in [0.25, 0.3) is 10.8 Å². The molecule has 164 valence electrons. The molecule has 0 unspecified atom stereocenters. The Kier molecular flexibility index (Phi) is 5.39. The van der Waals surface area contributed by atoms with E-state index in [4.69, 9.17) is 0 Å². The molecular formula is C25H27N5O2. The summed E-state index contributed by atoms with van der Waals surface area (Å²) in [5.74, 6) is 1.31. The van der Waals surface area contributed by atoms with Crippen molar-refractivity contribution in [3.8, 4) is 5.75 Å². The van der Waals surface area contributed by atoms with Gasteiger partial charge in [-0.25, -0.2) is 9.97 Å². The first-order chi connectivity index (χ1) is 15.6. The number of hydrogen-bond donors (Lipinski definition) is 1. The summed E-state index contributed by atoms with van der Waals surface area (Å²) in [5.41, 5.74) is 3.30. The molecule has 0 radical (unpaired) electrons. The third-order valence-corrected chi connectivity index (χ3v) is 6.49. The highest BCUT2D eigenvalue weighted by atomic mass is 16.3. The molecule has 3 aromatic rings. The maximum Gasteiger partial charge on any atom is 0.144 e. The lowest BCUT2D eigenvalue weighted by Crippen LogP contribution is -2.46. The number of phenolic OH excluding ortho intramolecular Hbond substituents is 1. The predicted octanol–water partition coefficient (Wildman–Crippen LogP) is 3.12. The summed E-state index contributed by atoms with van der Waals surface area (Å²) < 4.78 is 0. The van der Waals surface area contributed by atoms with E-state index in [1.54, 1.807) is 12.4 Å². The van der Waals surface area contributed by atoms with Gasteiger partial charge in [-0.15, -0.1) is 0 Å². The van der Waals surface area contributed by atoms with Crippen molar-refractivity contribution in [3.63, 3.8) is 0 Å². The fourth-order valence-corrected chi connectivity index (χ4v) is 4.85. The molecule has 2 aromatic carbocycles. The van der Waals surface area contributed by atoms with Crippen LogP contribution in [-0.2, 0) is 17.8 Å². The van der Waals surface area contributed by atoms with Gasteiger partial charge in [0.15, 0.2) is 0 Å². The number of anilines is 2. The van der Waals surface area contributed by atoms with Crippen LogP contribution in [0.5, 0.6) is 5.75 Å². The first-order valence-electron chi connectivity index (χ1n) is 11.1. The van der Waals surface area contributed by atoms with Gasteiger partial charge >= 0.3 is 0 Å². The lowest BCUT2D eigenvalue weighted by Gasteiger charge is -2.40. The molecule has 2 aliphatic rings. The Labute approximate surface area is 187 Å². The Bertz CT molecular complexity index is 1170. The maximum absolute atomic E-state index is 10.6. The summed E-state index contributed by atoms with van der Waals surface area (Å²) in [6.45, 7) is 6.35. The molecule has 0 bridgehead atoms. The zero-order chi connectivity index (χ0) is 22.1. The summed E-state index contributed by atoms with van der Waals surface area (Å²) >= 11 is 0. The number of aromatic hydroxyl groups is 1. The van der Waals surface area contributed by atoms with E-state index in [-0.39, 0.29) is 11.8 Å². The van der Waals surface area contributed by atoms with Gasteiger partial charge in [0.05, 0.1) is 12.2 Å². The maximum atomic E-state index is 10.6. The highest BCUT2D eigenvalue weighted by Crippen LogP contribution is 2.37. The fraction of sp³-hybridized carbons (Fsp3) is 0.320. The third-order valence-electron chi connectivity index (χ3n) is 6.49. The predicted molar refractivity (Wildman–Crippen MR) is 126 cm³/mol. The zero-order valence-corrected chi connectivity index (χ0v) is 18.2. The molecule has 1 fully saturated rings. The van der Waals surface area contributed by atoms with E-state index in [9.17, 15) is 9.90 Å². The molecule has 1 aromatic heterocycles. The number of aromatic nitrogens is 2. The topological polar surface area (TPSA) is 72.8 Å². The molecule has 0 saturated carbocycles. The molecule has 0 aliphatic carbocycles. The molecule has 5 rings (SSSR count). The van der Waals surface area contributed by atoms with E-state index >= 15 is 0 Å². The summed E-state index contributed by atoms with van der Waals surface area (Å²) in [5, 5.41) is 12.5. The van der Waals surface area contributed by atoms with E-state index in [1.807, 2.05) is 36.5 Å². The summed E-state index contributed by atoms with van der Waals surface area (Å²) in [7, 11) is 0. The Balaban J connectivity index is 1.43. The Hall–Kier alpha value is -3.61. The first-order valence-corrected chi connectivity index (χ1v) is 11.1. The fourth-order valence-electron chi connectivity index (χ4n) is 4.85. The van der Waals surface area contributed by atoms with Crippen molar-refractivity contribution in [1.29, 1.82) is 0 Å². The Morgan fingerprint density at radius 3 is 2.72 bits per heavy atom. The number of fused-ring (bicyclic) bond motifs is 2. The molecule has 1 atom stereocenters. The SMILES string of the molecule is C[C@H]1Cc2c(ncnc2N2CCN(C=CC=O)CC2)CN1c1cc(O)cc2ccccc12. The molecule has 0 amide bonds. The van der Waals surface area contributed by atoms with Gasteiger partial charge in [-0.1, -0.05) is 24.3 Å². The van der Waals surface area contributed by atoms with Gasteiger partial charge in [-0.2, -0.15) is 0 Å². The lowest BCUT2D eigenvalue weighted by atomic mass is 9.96. The average molecular weight is 430 g/mol. The second kappa shape index (κ2) is 8.49. The van der Waals surface area contributed by atoms with Crippen molar-refractivity contribution < 1.29 is 9.90 Å². The van der Waals surface area contributed by atoms with Gasteiger partial charge in [-0.3, -0.25) is 4.79 Å². The van der Waals surface area contributed by atoms with E-state index in [2.05, 4.69) is 37.7 Å². The van der Waals surface area contributed by atoms with Crippen LogP contribution in [0, 0.1) is 0 Å². The number of aldehydes is 1. The minimum Gasteiger partial charge on any atom is -0.508 e. The van der Waals surface area contributed by atoms with Gasteiger partial charge in [0.2, 0.25) is 0 Å². The van der Waals surface area contributed by atoms with Gasteiger partial charge in [-0.05, 0) is 30.9 Å². The van der Waals surface area contributed by atoms with Gasteiger partial charge in [0.1, 0.15) is 24.2 Å². The van der Waals surface area contributed by atoms with E-state index in [0.717, 1.165) is 66.9 Å². The number of nitrogens with zero attached hydrogens (tertiary/aromatic N) is 5. The first kappa shape index (κ1) is 20.3. The minimum atomic E-state index is 0.245. The van der Waals surface area contributed by atoms with Gasteiger partial charge in [0, 0.05) is 61.1 Å². The van der Waals surface area contributed by atoms with Crippen LogP contribution in [0.1, 0.15) is 18.2 Å². The number of carbonyl (C=O) groups excluding carboxylic acids is 1. The molecule has 1 saturated heterocycles. The van der Waals surface area contributed by atoms with Crippen LogP contribution in [0.15, 0.2) is 55.0 Å². The minimum absolute atomic E-state index is 0.245. The highest BCUT2D eigenvalue weighted by molar-refractivity contribution is 5.95. The van der Waals surface area contributed by atoms with E-state index in [0.29, 0.717) is 6.54 Å². The number of benzene rings is 2. The van der Waals surface area contributed by atoms with Crippen molar-refractivity contribution in [1.82, 2.24) is 14.9 Å². The van der Waals surface area contributed by atoms with Crippen molar-refractivity contribution in [2.45, 2.75) is 25.9 Å². The number of rotatable bonds is 4.